The van der Waals surface area contributed by atoms with Crippen LogP contribution in [0.3, 0.4) is 0 Å². The van der Waals surface area contributed by atoms with Gasteiger partial charge in [-0.15, -0.1) is 0 Å². The van der Waals surface area contributed by atoms with Crippen LogP contribution < -0.4 is 5.32 Å². The molecule has 2 aromatic rings. The molecule has 0 saturated carbocycles. The van der Waals surface area contributed by atoms with Crippen molar-refractivity contribution >= 4 is 33.5 Å². The van der Waals surface area contributed by atoms with Gasteiger partial charge in [0.25, 0.3) is 5.91 Å². The first-order valence-corrected chi connectivity index (χ1v) is 8.32. The molecule has 1 N–H and O–H groups in total. The highest BCUT2D eigenvalue weighted by Gasteiger charge is 2.30. The Hall–Kier alpha value is -2.35. The Bertz CT molecular complexity index is 822. The van der Waals surface area contributed by atoms with E-state index in [4.69, 9.17) is 4.74 Å². The first-order chi connectivity index (χ1) is 12.1. The molecule has 138 valence electrons. The van der Waals surface area contributed by atoms with Gasteiger partial charge in [0.1, 0.15) is 0 Å². The Kier molecular flexibility index (Phi) is 6.42. The number of aryl methyl sites for hydroxylation is 1. The van der Waals surface area contributed by atoms with Crippen LogP contribution in [-0.4, -0.2) is 18.5 Å². The van der Waals surface area contributed by atoms with E-state index in [-0.39, 0.29) is 12.0 Å². The second-order valence-corrected chi connectivity index (χ2v) is 6.42. The van der Waals surface area contributed by atoms with Crippen LogP contribution in [0.5, 0.6) is 0 Å². The number of carbonyl (C=O) groups excluding carboxylic acids is 2. The zero-order valence-corrected chi connectivity index (χ0v) is 15.3. The fraction of sp³-hybridized carbons (Fsp3) is 0.222. The molecule has 2 rings (SSSR count). The third-order valence-electron chi connectivity index (χ3n) is 3.37. The smallest absolute Gasteiger partial charge is 0.416 e. The predicted molar refractivity (Wildman–Crippen MR) is 93.6 cm³/mol. The van der Waals surface area contributed by atoms with Gasteiger partial charge in [-0.05, 0) is 52.2 Å². The number of nitrogens with one attached hydrogen (secondary N) is 1. The van der Waals surface area contributed by atoms with Crippen LogP contribution in [0.25, 0.3) is 0 Å². The fourth-order valence-corrected chi connectivity index (χ4v) is 2.72. The average molecular weight is 430 g/mol. The summed E-state index contributed by atoms with van der Waals surface area (Å²) in [6.07, 6.45) is -4.84. The minimum absolute atomic E-state index is 0.159. The number of esters is 1. The average Bonchev–Trinajstić information content (AvgIpc) is 2.55. The number of carbonyl (C=O) groups is 2. The summed E-state index contributed by atoms with van der Waals surface area (Å²) >= 11 is 3.31. The fourth-order valence-electron chi connectivity index (χ4n) is 2.13. The lowest BCUT2D eigenvalue weighted by molar-refractivity contribution is -0.146. The lowest BCUT2D eigenvalue weighted by atomic mass is 10.1. The van der Waals surface area contributed by atoms with Crippen molar-refractivity contribution in [2.75, 3.05) is 11.9 Å². The van der Waals surface area contributed by atoms with Crippen LogP contribution in [0, 0.1) is 6.92 Å². The van der Waals surface area contributed by atoms with E-state index in [2.05, 4.69) is 21.2 Å². The molecule has 0 atom stereocenters. The van der Waals surface area contributed by atoms with Crippen molar-refractivity contribution in [1.29, 1.82) is 0 Å². The van der Waals surface area contributed by atoms with Crippen molar-refractivity contribution in [2.45, 2.75) is 19.5 Å². The summed E-state index contributed by atoms with van der Waals surface area (Å²) in [5.41, 5.74) is 0.841. The molecule has 0 heterocycles. The minimum atomic E-state index is -4.48. The zero-order valence-electron chi connectivity index (χ0n) is 13.7. The highest BCUT2D eigenvalue weighted by Crippen LogP contribution is 2.29. The van der Waals surface area contributed by atoms with Gasteiger partial charge in [0.2, 0.25) is 0 Å². The molecule has 0 aromatic heterocycles. The number of hydrogen-bond acceptors (Lipinski definition) is 3. The molecule has 0 aliphatic rings. The number of halogens is 4. The van der Waals surface area contributed by atoms with Gasteiger partial charge in [-0.3, -0.25) is 9.59 Å². The third kappa shape index (κ3) is 5.87. The van der Waals surface area contributed by atoms with Crippen LogP contribution in [0.4, 0.5) is 18.9 Å². The second kappa shape index (κ2) is 8.35. The molecule has 0 radical (unpaired) electrons. The zero-order chi connectivity index (χ0) is 19.3. The van der Waals surface area contributed by atoms with E-state index in [1.54, 1.807) is 12.1 Å². The van der Waals surface area contributed by atoms with E-state index in [0.29, 0.717) is 10.2 Å². The number of rotatable bonds is 5. The second-order valence-electron chi connectivity index (χ2n) is 5.57. The van der Waals surface area contributed by atoms with Gasteiger partial charge < -0.3 is 10.1 Å². The number of alkyl halides is 3. The number of benzene rings is 2. The maximum Gasteiger partial charge on any atom is 0.416 e. The summed E-state index contributed by atoms with van der Waals surface area (Å²) in [7, 11) is 0. The maximum atomic E-state index is 12.7. The summed E-state index contributed by atoms with van der Waals surface area (Å²) < 4.78 is 43.5. The Balaban J connectivity index is 1.87. The normalized spacial score (nSPS) is 11.1. The van der Waals surface area contributed by atoms with E-state index in [0.717, 1.165) is 17.7 Å². The van der Waals surface area contributed by atoms with Crippen LogP contribution in [0.15, 0.2) is 46.9 Å². The van der Waals surface area contributed by atoms with Crippen molar-refractivity contribution in [3.8, 4) is 0 Å². The monoisotopic (exact) mass is 429 g/mol. The lowest BCUT2D eigenvalue weighted by Crippen LogP contribution is -2.22. The molecule has 0 bridgehead atoms. The molecule has 2 aromatic carbocycles. The van der Waals surface area contributed by atoms with E-state index in [1.807, 2.05) is 13.0 Å². The Morgan fingerprint density at radius 3 is 2.54 bits per heavy atom. The molecule has 0 spiro atoms. The molecule has 8 heteroatoms. The summed E-state index contributed by atoms with van der Waals surface area (Å²) in [6, 6.07) is 9.72. The van der Waals surface area contributed by atoms with E-state index in [9.17, 15) is 22.8 Å². The van der Waals surface area contributed by atoms with Crippen molar-refractivity contribution in [3.63, 3.8) is 0 Å². The Morgan fingerprint density at radius 2 is 1.88 bits per heavy atom. The SMILES string of the molecule is Cc1ccc(NC(=O)COC(=O)Cc2cccc(C(F)(F)F)c2)c(Br)c1. The minimum Gasteiger partial charge on any atom is -0.455 e. The number of hydrogen-bond donors (Lipinski definition) is 1. The molecule has 0 unspecified atom stereocenters. The van der Waals surface area contributed by atoms with Crippen LogP contribution in [0.2, 0.25) is 0 Å². The van der Waals surface area contributed by atoms with Gasteiger partial charge in [0.15, 0.2) is 6.61 Å². The summed E-state index contributed by atoms with van der Waals surface area (Å²) in [5.74, 6) is -1.34. The van der Waals surface area contributed by atoms with Crippen LogP contribution in [0.1, 0.15) is 16.7 Å². The van der Waals surface area contributed by atoms with E-state index in [1.165, 1.54) is 12.1 Å². The lowest BCUT2D eigenvalue weighted by Gasteiger charge is -2.10. The van der Waals surface area contributed by atoms with Gasteiger partial charge in [-0.2, -0.15) is 13.2 Å². The number of amides is 1. The molecule has 26 heavy (non-hydrogen) atoms. The quantitative estimate of drug-likeness (QED) is 0.711. The van der Waals surface area contributed by atoms with Crippen molar-refractivity contribution in [2.24, 2.45) is 0 Å². The molecule has 4 nitrogen and oxygen atoms in total. The molecular formula is C18H15BrF3NO3. The number of ether oxygens (including phenoxy) is 1. The third-order valence-corrected chi connectivity index (χ3v) is 4.02. The van der Waals surface area contributed by atoms with Crippen molar-refractivity contribution in [3.05, 3.63) is 63.6 Å². The molecule has 0 aliphatic carbocycles. The summed E-state index contributed by atoms with van der Waals surface area (Å²) in [5, 5.41) is 2.57. The van der Waals surface area contributed by atoms with Gasteiger partial charge in [-0.25, -0.2) is 0 Å². The Morgan fingerprint density at radius 1 is 1.15 bits per heavy atom. The molecular weight excluding hydrogens is 415 g/mol. The van der Waals surface area contributed by atoms with E-state index < -0.39 is 30.2 Å². The van der Waals surface area contributed by atoms with Gasteiger partial charge in [0.05, 0.1) is 17.7 Å². The maximum absolute atomic E-state index is 12.7. The van der Waals surface area contributed by atoms with Crippen molar-refractivity contribution < 1.29 is 27.5 Å². The first-order valence-electron chi connectivity index (χ1n) is 7.53. The van der Waals surface area contributed by atoms with Crippen LogP contribution in [-0.2, 0) is 26.9 Å². The predicted octanol–water partition coefficient (Wildman–Crippen LogP) is 4.50. The van der Waals surface area contributed by atoms with E-state index >= 15 is 0 Å². The van der Waals surface area contributed by atoms with Gasteiger partial charge >= 0.3 is 12.1 Å². The summed E-state index contributed by atoms with van der Waals surface area (Å²) in [4.78, 5) is 23.6. The molecule has 1 amide bonds. The summed E-state index contributed by atoms with van der Waals surface area (Å²) in [6.45, 7) is 1.37. The van der Waals surface area contributed by atoms with Gasteiger partial charge in [0, 0.05) is 4.47 Å². The molecule has 0 aliphatic heterocycles. The van der Waals surface area contributed by atoms with Crippen LogP contribution >= 0.6 is 15.9 Å². The topological polar surface area (TPSA) is 55.4 Å². The number of anilines is 1. The Labute approximate surface area is 156 Å². The molecule has 0 fully saturated rings. The largest absolute Gasteiger partial charge is 0.455 e. The highest BCUT2D eigenvalue weighted by molar-refractivity contribution is 9.10. The standard InChI is InChI=1S/C18H15BrF3NO3/c1-11-5-6-15(14(19)7-11)23-16(24)10-26-17(25)9-12-3-2-4-13(8-12)18(20,21)22/h2-8H,9-10H2,1H3,(H,23,24). The van der Waals surface area contributed by atoms with Crippen molar-refractivity contribution in [1.82, 2.24) is 0 Å². The highest BCUT2D eigenvalue weighted by atomic mass is 79.9. The van der Waals surface area contributed by atoms with Gasteiger partial charge in [-0.1, -0.05) is 24.3 Å². The first kappa shape index (κ1) is 20.0. The molecule has 0 saturated heterocycles.